The van der Waals surface area contributed by atoms with Crippen LogP contribution in [0.2, 0.25) is 5.02 Å². The fourth-order valence-electron chi connectivity index (χ4n) is 3.44. The number of esters is 1. The van der Waals surface area contributed by atoms with Gasteiger partial charge in [-0.1, -0.05) is 29.8 Å². The van der Waals surface area contributed by atoms with Crippen molar-refractivity contribution in [3.8, 4) is 5.75 Å². The molecule has 0 spiro atoms. The van der Waals surface area contributed by atoms with E-state index < -0.39 is 29.5 Å². The monoisotopic (exact) mass is 463 g/mol. The molecule has 1 N–H and O–H groups in total. The van der Waals surface area contributed by atoms with Crippen LogP contribution in [0.15, 0.2) is 60.7 Å². The number of fused-ring (bicyclic) bond motifs is 1. The lowest BCUT2D eigenvalue weighted by molar-refractivity contribution is -0.131. The Hall–Kier alpha value is -4.30. The minimum atomic E-state index is -1.12. The average Bonchev–Trinajstić information content (AvgIpc) is 3.03. The van der Waals surface area contributed by atoms with Gasteiger partial charge in [0, 0.05) is 23.1 Å². The van der Waals surface area contributed by atoms with E-state index in [0.717, 1.165) is 4.90 Å². The van der Waals surface area contributed by atoms with Crippen molar-refractivity contribution in [1.29, 1.82) is 0 Å². The molecule has 164 valence electrons. The van der Waals surface area contributed by atoms with Gasteiger partial charge in [-0.15, -0.1) is 0 Å². The number of imide groups is 1. The summed E-state index contributed by atoms with van der Waals surface area (Å²) in [7, 11) is 0. The molecule has 0 aliphatic carbocycles. The van der Waals surface area contributed by atoms with Crippen LogP contribution in [-0.2, 0) is 4.79 Å². The van der Waals surface area contributed by atoms with Gasteiger partial charge in [0.25, 0.3) is 11.8 Å². The Morgan fingerprint density at radius 1 is 0.818 bits per heavy atom. The van der Waals surface area contributed by atoms with E-state index in [9.17, 15) is 24.0 Å². The molecule has 8 nitrogen and oxygen atoms in total. The van der Waals surface area contributed by atoms with Gasteiger partial charge in [-0.3, -0.25) is 19.2 Å². The van der Waals surface area contributed by atoms with Crippen molar-refractivity contribution in [2.24, 2.45) is 0 Å². The Balaban J connectivity index is 1.71. The average molecular weight is 464 g/mol. The molecule has 1 heterocycles. The van der Waals surface area contributed by atoms with E-state index in [1.165, 1.54) is 67.6 Å². The molecule has 3 aromatic rings. The minimum Gasteiger partial charge on any atom is -0.478 e. The van der Waals surface area contributed by atoms with Crippen molar-refractivity contribution in [3.63, 3.8) is 0 Å². The number of amides is 2. The Morgan fingerprint density at radius 3 is 2.06 bits per heavy atom. The summed E-state index contributed by atoms with van der Waals surface area (Å²) in [5.41, 5.74) is 0.475. The van der Waals surface area contributed by atoms with Crippen molar-refractivity contribution >= 4 is 46.8 Å². The van der Waals surface area contributed by atoms with Crippen LogP contribution < -0.4 is 9.64 Å². The fraction of sp³-hybridized carbons (Fsp3) is 0.0417. The minimum absolute atomic E-state index is 0.000959. The van der Waals surface area contributed by atoms with Crippen LogP contribution in [-0.4, -0.2) is 34.6 Å². The lowest BCUT2D eigenvalue weighted by atomic mass is 9.98. The number of halogens is 1. The van der Waals surface area contributed by atoms with E-state index in [1.807, 2.05) is 0 Å². The summed E-state index contributed by atoms with van der Waals surface area (Å²) in [6.07, 6.45) is 0. The van der Waals surface area contributed by atoms with Gasteiger partial charge in [0.1, 0.15) is 0 Å². The quantitative estimate of drug-likeness (QED) is 0.263. The molecule has 0 fully saturated rings. The number of anilines is 1. The molecule has 0 saturated carbocycles. The number of carboxylic acids is 1. The molecule has 0 bridgehead atoms. The summed E-state index contributed by atoms with van der Waals surface area (Å²) in [4.78, 5) is 62.3. The number of ether oxygens (including phenoxy) is 1. The first-order valence-corrected chi connectivity index (χ1v) is 9.94. The second kappa shape index (κ2) is 8.33. The predicted molar refractivity (Wildman–Crippen MR) is 117 cm³/mol. The maximum atomic E-state index is 13.1. The van der Waals surface area contributed by atoms with Crippen molar-refractivity contribution in [2.45, 2.75) is 6.92 Å². The van der Waals surface area contributed by atoms with Crippen LogP contribution >= 0.6 is 11.6 Å². The van der Waals surface area contributed by atoms with Crippen molar-refractivity contribution in [1.82, 2.24) is 0 Å². The van der Waals surface area contributed by atoms with Crippen LogP contribution in [0.1, 0.15) is 53.9 Å². The normalized spacial score (nSPS) is 12.5. The van der Waals surface area contributed by atoms with E-state index in [0.29, 0.717) is 0 Å². The number of carbonyl (C=O) groups is 5. The molecule has 0 unspecified atom stereocenters. The first-order valence-electron chi connectivity index (χ1n) is 9.56. The van der Waals surface area contributed by atoms with Crippen molar-refractivity contribution in [2.75, 3.05) is 4.90 Å². The molecular weight excluding hydrogens is 450 g/mol. The molecular formula is C24H14ClNO7. The van der Waals surface area contributed by atoms with E-state index in [2.05, 4.69) is 0 Å². The zero-order valence-electron chi connectivity index (χ0n) is 17.0. The number of hydrogen-bond donors (Lipinski definition) is 1. The molecule has 33 heavy (non-hydrogen) atoms. The Morgan fingerprint density at radius 2 is 1.42 bits per heavy atom. The SMILES string of the molecule is CC(=O)Oc1ccc(Cl)cc1N1C(=O)c2ccc(C(=O)c3ccc(C(=O)O)cc3)cc2C1=O. The highest BCUT2D eigenvalue weighted by Crippen LogP contribution is 2.37. The number of nitrogens with zero attached hydrogens (tertiary/aromatic N) is 1. The van der Waals surface area contributed by atoms with Crippen LogP contribution in [0.4, 0.5) is 5.69 Å². The van der Waals surface area contributed by atoms with Gasteiger partial charge in [0.15, 0.2) is 11.5 Å². The predicted octanol–water partition coefficient (Wildman–Crippen LogP) is 4.00. The van der Waals surface area contributed by atoms with Gasteiger partial charge in [-0.25, -0.2) is 9.69 Å². The van der Waals surface area contributed by atoms with Crippen LogP contribution in [0, 0.1) is 0 Å². The number of rotatable bonds is 5. The number of carbonyl (C=O) groups excluding carboxylic acids is 4. The Kier molecular flexibility index (Phi) is 5.53. The summed E-state index contributed by atoms with van der Waals surface area (Å²) < 4.78 is 5.11. The molecule has 9 heteroatoms. The van der Waals surface area contributed by atoms with Crippen LogP contribution in [0.3, 0.4) is 0 Å². The summed E-state index contributed by atoms with van der Waals surface area (Å²) >= 11 is 6.03. The first kappa shape index (κ1) is 21.9. The van der Waals surface area contributed by atoms with Crippen LogP contribution in [0.5, 0.6) is 5.75 Å². The van der Waals surface area contributed by atoms with E-state index in [4.69, 9.17) is 21.4 Å². The largest absolute Gasteiger partial charge is 0.478 e. The number of hydrogen-bond acceptors (Lipinski definition) is 6. The standard InChI is InChI=1S/C24H14ClNO7/c1-12(27)33-20-9-7-16(25)11-19(20)26-22(29)17-8-6-15(10-18(17)23(26)30)21(28)13-2-4-14(5-3-13)24(31)32/h2-11H,1H3,(H,31,32). The third kappa shape index (κ3) is 3.99. The summed E-state index contributed by atoms with van der Waals surface area (Å²) in [6, 6.07) is 13.6. The van der Waals surface area contributed by atoms with E-state index in [1.54, 1.807) is 0 Å². The lowest BCUT2D eigenvalue weighted by Gasteiger charge is -2.17. The third-order valence-corrected chi connectivity index (χ3v) is 5.19. The maximum absolute atomic E-state index is 13.1. The molecule has 4 rings (SSSR count). The summed E-state index contributed by atoms with van der Waals surface area (Å²) in [6.45, 7) is 1.18. The summed E-state index contributed by atoms with van der Waals surface area (Å²) in [5.74, 6) is -3.59. The third-order valence-electron chi connectivity index (χ3n) is 4.96. The van der Waals surface area contributed by atoms with Crippen molar-refractivity contribution < 1.29 is 33.8 Å². The molecule has 0 saturated heterocycles. The van der Waals surface area contributed by atoms with Gasteiger partial charge >= 0.3 is 11.9 Å². The van der Waals surface area contributed by atoms with Crippen LogP contribution in [0.25, 0.3) is 0 Å². The zero-order chi connectivity index (χ0) is 23.9. The van der Waals surface area contributed by atoms with E-state index >= 15 is 0 Å². The fourth-order valence-corrected chi connectivity index (χ4v) is 3.60. The van der Waals surface area contributed by atoms with Gasteiger partial charge in [0.05, 0.1) is 22.4 Å². The molecule has 0 radical (unpaired) electrons. The molecule has 1 aliphatic heterocycles. The maximum Gasteiger partial charge on any atom is 0.335 e. The highest BCUT2D eigenvalue weighted by atomic mass is 35.5. The highest BCUT2D eigenvalue weighted by molar-refractivity contribution is 6.36. The van der Waals surface area contributed by atoms with Crippen molar-refractivity contribution in [3.05, 3.63) is 93.5 Å². The molecule has 0 aromatic heterocycles. The topological polar surface area (TPSA) is 118 Å². The van der Waals surface area contributed by atoms with Gasteiger partial charge < -0.3 is 9.84 Å². The molecule has 2 amide bonds. The second-order valence-corrected chi connectivity index (χ2v) is 7.56. The lowest BCUT2D eigenvalue weighted by Crippen LogP contribution is -2.30. The van der Waals surface area contributed by atoms with Gasteiger partial charge in [-0.2, -0.15) is 0 Å². The van der Waals surface area contributed by atoms with Gasteiger partial charge in [0.2, 0.25) is 0 Å². The number of benzene rings is 3. The number of carboxylic acid groups (broad SMARTS) is 1. The number of aromatic carboxylic acids is 1. The van der Waals surface area contributed by atoms with E-state index in [-0.39, 0.29) is 44.3 Å². The zero-order valence-corrected chi connectivity index (χ0v) is 17.8. The second-order valence-electron chi connectivity index (χ2n) is 7.12. The summed E-state index contributed by atoms with van der Waals surface area (Å²) in [5, 5.41) is 9.22. The molecule has 1 aliphatic rings. The molecule has 0 atom stereocenters. The Bertz CT molecular complexity index is 1360. The number of ketones is 1. The smallest absolute Gasteiger partial charge is 0.335 e. The highest BCUT2D eigenvalue weighted by Gasteiger charge is 2.39. The Labute approximate surface area is 192 Å². The van der Waals surface area contributed by atoms with Gasteiger partial charge in [-0.05, 0) is 42.5 Å². The first-order chi connectivity index (χ1) is 15.7. The molecule has 3 aromatic carbocycles.